The Morgan fingerprint density at radius 3 is 2.67 bits per heavy atom. The van der Waals surface area contributed by atoms with Crippen molar-refractivity contribution in [1.29, 1.82) is 0 Å². The predicted octanol–water partition coefficient (Wildman–Crippen LogP) is 4.38. The normalized spacial score (nSPS) is 10.8. The molecule has 7 heteroatoms. The van der Waals surface area contributed by atoms with Crippen molar-refractivity contribution in [3.63, 3.8) is 0 Å². The summed E-state index contributed by atoms with van der Waals surface area (Å²) in [7, 11) is 0. The van der Waals surface area contributed by atoms with Crippen LogP contribution in [0.5, 0.6) is 0 Å². The average Bonchev–Trinajstić information content (AvgIpc) is 2.60. The molecule has 1 N–H and O–H groups in total. The standard InChI is InChI=1S/C17H11F3N2OS/c18-11-6-7-12(16(20)15(11)19)22-14(23)9-24-13-5-1-3-10-4-2-8-21-17(10)13/h1-8H,9H2,(H,22,23). The quantitative estimate of drug-likeness (QED) is 0.562. The molecule has 24 heavy (non-hydrogen) atoms. The number of hydrogen-bond acceptors (Lipinski definition) is 3. The van der Waals surface area contributed by atoms with Gasteiger partial charge in [-0.15, -0.1) is 11.8 Å². The van der Waals surface area contributed by atoms with E-state index in [1.165, 1.54) is 11.8 Å². The second-order valence-electron chi connectivity index (χ2n) is 4.89. The highest BCUT2D eigenvalue weighted by Crippen LogP contribution is 2.26. The minimum absolute atomic E-state index is 0.0197. The van der Waals surface area contributed by atoms with Crippen molar-refractivity contribution in [1.82, 2.24) is 4.98 Å². The molecule has 0 saturated carbocycles. The Balaban J connectivity index is 1.71. The first-order valence-electron chi connectivity index (χ1n) is 6.96. The van der Waals surface area contributed by atoms with E-state index in [2.05, 4.69) is 10.3 Å². The van der Waals surface area contributed by atoms with Gasteiger partial charge in [-0.25, -0.2) is 13.2 Å². The molecule has 3 nitrogen and oxygen atoms in total. The van der Waals surface area contributed by atoms with Crippen molar-refractivity contribution < 1.29 is 18.0 Å². The molecule has 1 aromatic heterocycles. The van der Waals surface area contributed by atoms with Gasteiger partial charge in [0.25, 0.3) is 0 Å². The Kier molecular flexibility index (Phi) is 4.71. The van der Waals surface area contributed by atoms with Crippen molar-refractivity contribution >= 4 is 34.3 Å². The fourth-order valence-electron chi connectivity index (χ4n) is 2.14. The van der Waals surface area contributed by atoms with Gasteiger partial charge in [-0.1, -0.05) is 18.2 Å². The van der Waals surface area contributed by atoms with Crippen LogP contribution >= 0.6 is 11.8 Å². The summed E-state index contributed by atoms with van der Waals surface area (Å²) in [6, 6.07) is 11.0. The number of nitrogens with one attached hydrogen (secondary N) is 1. The number of anilines is 1. The molecular weight excluding hydrogens is 337 g/mol. The topological polar surface area (TPSA) is 42.0 Å². The lowest BCUT2D eigenvalue weighted by atomic mass is 10.2. The first-order chi connectivity index (χ1) is 11.6. The molecule has 0 aliphatic carbocycles. The number of aromatic nitrogens is 1. The lowest BCUT2D eigenvalue weighted by Gasteiger charge is -2.08. The van der Waals surface area contributed by atoms with Crippen LogP contribution in [-0.4, -0.2) is 16.6 Å². The first-order valence-corrected chi connectivity index (χ1v) is 7.94. The number of rotatable bonds is 4. The van der Waals surface area contributed by atoms with Crippen LogP contribution in [0.3, 0.4) is 0 Å². The van der Waals surface area contributed by atoms with Crippen LogP contribution in [0.4, 0.5) is 18.9 Å². The van der Waals surface area contributed by atoms with Gasteiger partial charge in [0.15, 0.2) is 17.5 Å². The molecule has 0 saturated heterocycles. The fraction of sp³-hybridized carbons (Fsp3) is 0.0588. The van der Waals surface area contributed by atoms with Crippen LogP contribution in [0.2, 0.25) is 0 Å². The van der Waals surface area contributed by atoms with E-state index < -0.39 is 29.0 Å². The van der Waals surface area contributed by atoms with Crippen molar-refractivity contribution in [2.75, 3.05) is 11.1 Å². The summed E-state index contributed by atoms with van der Waals surface area (Å²) in [5.41, 5.74) is 0.368. The van der Waals surface area contributed by atoms with E-state index in [-0.39, 0.29) is 5.75 Å². The third kappa shape index (κ3) is 3.35. The van der Waals surface area contributed by atoms with E-state index in [1.807, 2.05) is 30.3 Å². The number of hydrogen-bond donors (Lipinski definition) is 1. The predicted molar refractivity (Wildman–Crippen MR) is 87.4 cm³/mol. The number of thioether (sulfide) groups is 1. The molecule has 3 rings (SSSR count). The summed E-state index contributed by atoms with van der Waals surface area (Å²) in [5, 5.41) is 3.17. The zero-order valence-electron chi connectivity index (χ0n) is 12.2. The van der Waals surface area contributed by atoms with Crippen molar-refractivity contribution in [2.24, 2.45) is 0 Å². The maximum absolute atomic E-state index is 13.5. The number of nitrogens with zero attached hydrogens (tertiary/aromatic N) is 1. The van der Waals surface area contributed by atoms with Crippen LogP contribution < -0.4 is 5.32 Å². The van der Waals surface area contributed by atoms with Gasteiger partial charge in [0.05, 0.1) is 17.0 Å². The number of benzene rings is 2. The molecule has 1 heterocycles. The van der Waals surface area contributed by atoms with E-state index in [9.17, 15) is 18.0 Å². The number of pyridine rings is 1. The van der Waals surface area contributed by atoms with E-state index in [0.717, 1.165) is 27.9 Å². The summed E-state index contributed by atoms with van der Waals surface area (Å²) in [4.78, 5) is 17.0. The number of carbonyl (C=O) groups excluding carboxylic acids is 1. The molecule has 122 valence electrons. The summed E-state index contributed by atoms with van der Waals surface area (Å²) in [5.74, 6) is -4.88. The maximum Gasteiger partial charge on any atom is 0.234 e. The zero-order chi connectivity index (χ0) is 17.1. The first kappa shape index (κ1) is 16.3. The lowest BCUT2D eigenvalue weighted by Crippen LogP contribution is -2.15. The summed E-state index contributed by atoms with van der Waals surface area (Å²) < 4.78 is 39.6. The molecule has 0 spiro atoms. The highest BCUT2D eigenvalue weighted by atomic mass is 32.2. The van der Waals surface area contributed by atoms with Crippen LogP contribution in [0.15, 0.2) is 53.6 Å². The number of para-hydroxylation sites is 1. The molecule has 0 unspecified atom stereocenters. The van der Waals surface area contributed by atoms with Crippen molar-refractivity contribution in [3.05, 3.63) is 66.1 Å². The van der Waals surface area contributed by atoms with E-state index in [0.29, 0.717) is 0 Å². The summed E-state index contributed by atoms with van der Waals surface area (Å²) in [6.07, 6.45) is 1.66. The van der Waals surface area contributed by atoms with E-state index in [1.54, 1.807) is 6.20 Å². The van der Waals surface area contributed by atoms with Gasteiger partial charge < -0.3 is 5.32 Å². The lowest BCUT2D eigenvalue weighted by molar-refractivity contribution is -0.113. The molecule has 0 fully saturated rings. The van der Waals surface area contributed by atoms with Crippen LogP contribution in [-0.2, 0) is 4.79 Å². The van der Waals surface area contributed by atoms with Crippen LogP contribution in [0.1, 0.15) is 0 Å². The van der Waals surface area contributed by atoms with Crippen LogP contribution in [0, 0.1) is 17.5 Å². The highest BCUT2D eigenvalue weighted by Gasteiger charge is 2.15. The van der Waals surface area contributed by atoms with E-state index >= 15 is 0 Å². The Hall–Kier alpha value is -2.54. The molecule has 2 aromatic carbocycles. The monoisotopic (exact) mass is 348 g/mol. The third-order valence-electron chi connectivity index (χ3n) is 3.26. The van der Waals surface area contributed by atoms with Crippen molar-refractivity contribution in [2.45, 2.75) is 4.90 Å². The Bertz CT molecular complexity index is 912. The van der Waals surface area contributed by atoms with Gasteiger partial charge >= 0.3 is 0 Å². The Morgan fingerprint density at radius 1 is 1.04 bits per heavy atom. The van der Waals surface area contributed by atoms with Gasteiger partial charge in [-0.05, 0) is 24.3 Å². The molecule has 0 aliphatic heterocycles. The fourth-order valence-corrected chi connectivity index (χ4v) is 2.99. The van der Waals surface area contributed by atoms with Crippen LogP contribution in [0.25, 0.3) is 10.9 Å². The average molecular weight is 348 g/mol. The maximum atomic E-state index is 13.5. The molecule has 1 amide bonds. The smallest absolute Gasteiger partial charge is 0.234 e. The molecule has 0 radical (unpaired) electrons. The van der Waals surface area contributed by atoms with E-state index in [4.69, 9.17) is 0 Å². The highest BCUT2D eigenvalue weighted by molar-refractivity contribution is 8.00. The van der Waals surface area contributed by atoms with Gasteiger partial charge in [0, 0.05) is 16.5 Å². The largest absolute Gasteiger partial charge is 0.323 e. The Morgan fingerprint density at radius 2 is 1.83 bits per heavy atom. The second-order valence-corrected chi connectivity index (χ2v) is 5.91. The number of halogens is 3. The third-order valence-corrected chi connectivity index (χ3v) is 4.31. The minimum atomic E-state index is -1.61. The number of carbonyl (C=O) groups is 1. The molecular formula is C17H11F3N2OS. The Labute approximate surface area is 139 Å². The minimum Gasteiger partial charge on any atom is -0.323 e. The summed E-state index contributed by atoms with van der Waals surface area (Å²) in [6.45, 7) is 0. The SMILES string of the molecule is O=C(CSc1cccc2cccnc12)Nc1ccc(F)c(F)c1F. The number of fused-ring (bicyclic) bond motifs is 1. The molecule has 0 atom stereocenters. The molecule has 0 bridgehead atoms. The van der Waals surface area contributed by atoms with Gasteiger partial charge in [0.1, 0.15) is 0 Å². The van der Waals surface area contributed by atoms with Gasteiger partial charge in [-0.2, -0.15) is 0 Å². The molecule has 0 aliphatic rings. The second kappa shape index (κ2) is 6.92. The van der Waals surface area contributed by atoms with Crippen molar-refractivity contribution in [3.8, 4) is 0 Å². The summed E-state index contributed by atoms with van der Waals surface area (Å²) >= 11 is 1.23. The molecule has 3 aromatic rings. The van der Waals surface area contributed by atoms with Gasteiger partial charge in [-0.3, -0.25) is 9.78 Å². The van der Waals surface area contributed by atoms with Gasteiger partial charge in [0.2, 0.25) is 5.91 Å². The zero-order valence-corrected chi connectivity index (χ0v) is 13.0. The number of amides is 1.